The van der Waals surface area contributed by atoms with Gasteiger partial charge in [-0.1, -0.05) is 67.2 Å². The van der Waals surface area contributed by atoms with E-state index >= 15 is 0 Å². The van der Waals surface area contributed by atoms with E-state index in [2.05, 4.69) is 12.6 Å². The van der Waals surface area contributed by atoms with Crippen molar-refractivity contribution in [3.8, 4) is 6.07 Å². The van der Waals surface area contributed by atoms with Crippen molar-refractivity contribution in [3.63, 3.8) is 0 Å². The molecular formula is C31H28N2O5. The molecule has 0 unspecified atom stereocenters. The number of hydrogen-bond donors (Lipinski definition) is 0. The third-order valence-electron chi connectivity index (χ3n) is 6.49. The number of nitrogens with zero attached hydrogens (tertiary/aromatic N) is 2. The zero-order valence-corrected chi connectivity index (χ0v) is 21.7. The smallest absolute Gasteiger partial charge is 0.421 e. The maximum Gasteiger partial charge on any atom is 0.421 e. The lowest BCUT2D eigenvalue weighted by molar-refractivity contribution is -0.136. The fraction of sp³-hybridized carbons (Fsp3) is 0.226. The van der Waals surface area contributed by atoms with E-state index in [9.17, 15) is 19.6 Å². The van der Waals surface area contributed by atoms with Crippen molar-refractivity contribution in [3.05, 3.63) is 113 Å². The normalized spacial score (nSPS) is 17.2. The van der Waals surface area contributed by atoms with Crippen LogP contribution in [0.3, 0.4) is 0 Å². The molecule has 1 aliphatic heterocycles. The van der Waals surface area contributed by atoms with Crippen LogP contribution in [-0.4, -0.2) is 30.7 Å². The summed E-state index contributed by atoms with van der Waals surface area (Å²) in [5.41, 5.74) is -0.237. The fourth-order valence-electron chi connectivity index (χ4n) is 5.07. The second-order valence-corrected chi connectivity index (χ2v) is 10.00. The minimum Gasteiger partial charge on any atom is -0.466 e. The Labute approximate surface area is 221 Å². The molecule has 1 heterocycles. The first kappa shape index (κ1) is 26.4. The van der Waals surface area contributed by atoms with Gasteiger partial charge in [0.25, 0.3) is 5.91 Å². The number of esters is 1. The van der Waals surface area contributed by atoms with E-state index in [4.69, 9.17) is 9.47 Å². The zero-order valence-electron chi connectivity index (χ0n) is 21.7. The highest BCUT2D eigenvalue weighted by molar-refractivity contribution is 6.23. The van der Waals surface area contributed by atoms with Crippen LogP contribution in [0.5, 0.6) is 0 Å². The highest BCUT2D eigenvalue weighted by Gasteiger charge is 2.60. The van der Waals surface area contributed by atoms with Crippen LogP contribution in [0.15, 0.2) is 91.0 Å². The van der Waals surface area contributed by atoms with Gasteiger partial charge in [0.1, 0.15) is 11.0 Å². The summed E-state index contributed by atoms with van der Waals surface area (Å²) < 4.78 is 10.7. The average molecular weight is 509 g/mol. The maximum atomic E-state index is 14.8. The molecule has 1 aliphatic rings. The Bertz CT molecular complexity index is 1470. The monoisotopic (exact) mass is 508 g/mol. The van der Waals surface area contributed by atoms with Gasteiger partial charge in [0.15, 0.2) is 0 Å². The van der Waals surface area contributed by atoms with Gasteiger partial charge in [0.05, 0.1) is 24.4 Å². The number of ether oxygens (including phenoxy) is 2. The Balaban J connectivity index is 2.11. The molecule has 2 amide bonds. The molecule has 0 saturated carbocycles. The van der Waals surface area contributed by atoms with Crippen molar-refractivity contribution >= 4 is 23.7 Å². The molecule has 7 heteroatoms. The molecular weight excluding hydrogens is 480 g/mol. The second-order valence-electron chi connectivity index (χ2n) is 10.00. The molecule has 3 aromatic carbocycles. The summed E-state index contributed by atoms with van der Waals surface area (Å²) >= 11 is 0. The van der Waals surface area contributed by atoms with Crippen LogP contribution in [0.4, 0.5) is 10.5 Å². The molecule has 38 heavy (non-hydrogen) atoms. The SMILES string of the molecule is C=C(C(=O)OC)[C@@H](c1cccc(C#N)c1)[C@@]1(c2ccccc2)C(=O)N(C(=O)OC(C)(C)C)c2ccccc21. The van der Waals surface area contributed by atoms with Gasteiger partial charge < -0.3 is 9.47 Å². The number of hydrogen-bond acceptors (Lipinski definition) is 6. The summed E-state index contributed by atoms with van der Waals surface area (Å²) in [6, 6.07) is 24.6. The number of carbonyl (C=O) groups excluding carboxylic acids is 3. The van der Waals surface area contributed by atoms with Crippen molar-refractivity contribution in [2.24, 2.45) is 0 Å². The van der Waals surface area contributed by atoms with Crippen LogP contribution < -0.4 is 4.90 Å². The summed E-state index contributed by atoms with van der Waals surface area (Å²) in [7, 11) is 1.24. The lowest BCUT2D eigenvalue weighted by Gasteiger charge is -2.38. The number of nitriles is 1. The van der Waals surface area contributed by atoms with Crippen LogP contribution >= 0.6 is 0 Å². The van der Waals surface area contributed by atoms with E-state index in [1.165, 1.54) is 7.11 Å². The van der Waals surface area contributed by atoms with Crippen molar-refractivity contribution in [2.45, 2.75) is 37.7 Å². The standard InChI is InChI=1S/C31H28N2O5/c1-20(27(34)37-5)26(22-13-11-12-21(18-22)19-32)31(23-14-7-6-8-15-23)24-16-9-10-17-25(24)33(28(31)35)29(36)38-30(2,3)4/h6-18,26H,1H2,2-5H3/t26-,31-/m0/s1. The Morgan fingerprint density at radius 3 is 2.29 bits per heavy atom. The zero-order chi connectivity index (χ0) is 27.7. The van der Waals surface area contributed by atoms with Gasteiger partial charge >= 0.3 is 12.1 Å². The van der Waals surface area contributed by atoms with Gasteiger partial charge in [0, 0.05) is 11.5 Å². The molecule has 0 radical (unpaired) electrons. The Morgan fingerprint density at radius 1 is 1.00 bits per heavy atom. The van der Waals surface area contributed by atoms with E-state index < -0.39 is 34.9 Å². The van der Waals surface area contributed by atoms with Gasteiger partial charge in [-0.2, -0.15) is 5.26 Å². The highest BCUT2D eigenvalue weighted by Crippen LogP contribution is 2.56. The molecule has 0 aromatic heterocycles. The minimum atomic E-state index is -1.60. The van der Waals surface area contributed by atoms with Crippen molar-refractivity contribution in [1.82, 2.24) is 0 Å². The van der Waals surface area contributed by atoms with Crippen molar-refractivity contribution in [2.75, 3.05) is 12.0 Å². The molecule has 192 valence electrons. The number of para-hydroxylation sites is 1. The molecule has 0 bridgehead atoms. The van der Waals surface area contributed by atoms with E-state index in [0.29, 0.717) is 27.9 Å². The van der Waals surface area contributed by atoms with Crippen LogP contribution in [0.1, 0.15) is 48.9 Å². The minimum absolute atomic E-state index is 0.000588. The summed E-state index contributed by atoms with van der Waals surface area (Å²) in [6.45, 7) is 9.22. The van der Waals surface area contributed by atoms with Crippen LogP contribution in [0, 0.1) is 11.3 Å². The number of fused-ring (bicyclic) bond motifs is 1. The first-order valence-corrected chi connectivity index (χ1v) is 12.1. The Hall–Kier alpha value is -4.70. The summed E-state index contributed by atoms with van der Waals surface area (Å²) in [5.74, 6) is -2.34. The highest BCUT2D eigenvalue weighted by atomic mass is 16.6. The topological polar surface area (TPSA) is 96.7 Å². The largest absolute Gasteiger partial charge is 0.466 e. The predicted molar refractivity (Wildman–Crippen MR) is 142 cm³/mol. The van der Waals surface area contributed by atoms with E-state index in [1.54, 1.807) is 93.6 Å². The molecule has 0 aliphatic carbocycles. The van der Waals surface area contributed by atoms with E-state index in [1.807, 2.05) is 6.07 Å². The van der Waals surface area contributed by atoms with Crippen LogP contribution in [-0.2, 0) is 24.5 Å². The second kappa shape index (κ2) is 9.98. The van der Waals surface area contributed by atoms with Gasteiger partial charge in [-0.05, 0) is 55.7 Å². The Kier molecular flexibility index (Phi) is 6.93. The van der Waals surface area contributed by atoms with Crippen molar-refractivity contribution in [1.29, 1.82) is 5.26 Å². The third kappa shape index (κ3) is 4.35. The lowest BCUT2D eigenvalue weighted by Crippen LogP contribution is -2.49. The van der Waals surface area contributed by atoms with Gasteiger partial charge in [-0.25, -0.2) is 14.5 Å². The summed E-state index contributed by atoms with van der Waals surface area (Å²) in [5, 5.41) is 9.62. The Morgan fingerprint density at radius 2 is 1.66 bits per heavy atom. The molecule has 2 atom stereocenters. The molecule has 7 nitrogen and oxygen atoms in total. The predicted octanol–water partition coefficient (Wildman–Crippen LogP) is 5.64. The van der Waals surface area contributed by atoms with Crippen molar-refractivity contribution < 1.29 is 23.9 Å². The van der Waals surface area contributed by atoms with E-state index in [0.717, 1.165) is 4.90 Å². The number of anilines is 1. The van der Waals surface area contributed by atoms with Crippen LogP contribution in [0.2, 0.25) is 0 Å². The first-order chi connectivity index (χ1) is 18.1. The summed E-state index contributed by atoms with van der Waals surface area (Å²) in [6.07, 6.45) is -0.832. The number of carbonyl (C=O) groups is 3. The number of methoxy groups -OCH3 is 1. The molecule has 4 rings (SSSR count). The fourth-order valence-corrected chi connectivity index (χ4v) is 5.07. The molecule has 0 spiro atoms. The number of rotatable bonds is 5. The number of benzene rings is 3. The molecule has 3 aromatic rings. The lowest BCUT2D eigenvalue weighted by atomic mass is 9.61. The summed E-state index contributed by atoms with van der Waals surface area (Å²) in [4.78, 5) is 42.3. The number of imide groups is 1. The molecule has 0 saturated heterocycles. The van der Waals surface area contributed by atoms with Gasteiger partial charge in [0.2, 0.25) is 0 Å². The van der Waals surface area contributed by atoms with Gasteiger partial charge in [-0.3, -0.25) is 4.79 Å². The van der Waals surface area contributed by atoms with Crippen LogP contribution in [0.25, 0.3) is 0 Å². The quantitative estimate of drug-likeness (QED) is 0.327. The number of amides is 2. The maximum absolute atomic E-state index is 14.8. The average Bonchev–Trinajstić information content (AvgIpc) is 3.16. The first-order valence-electron chi connectivity index (χ1n) is 12.1. The molecule has 0 fully saturated rings. The molecule has 0 N–H and O–H groups in total. The van der Waals surface area contributed by atoms with E-state index in [-0.39, 0.29) is 5.57 Å². The van der Waals surface area contributed by atoms with Gasteiger partial charge in [-0.15, -0.1) is 0 Å². The third-order valence-corrected chi connectivity index (χ3v) is 6.49.